The maximum Gasteiger partial charge on any atom is 0.215 e. The first-order valence-electron chi connectivity index (χ1n) is 38.9. The van der Waals surface area contributed by atoms with Crippen molar-refractivity contribution in [3.8, 4) is 22.7 Å². The van der Waals surface area contributed by atoms with Gasteiger partial charge in [-0.05, 0) is 181 Å². The van der Waals surface area contributed by atoms with Gasteiger partial charge in [0.2, 0.25) is 23.8 Å². The van der Waals surface area contributed by atoms with Crippen LogP contribution < -0.4 is 29.4 Å². The molecular weight excluding hydrogens is 1420 g/mol. The quantitative estimate of drug-likeness (QED) is 0.0932. The minimum Gasteiger partial charge on any atom is -0.345 e. The molecule has 14 heteroatoms. The van der Waals surface area contributed by atoms with E-state index in [2.05, 4.69) is 430 Å². The number of anilines is 12. The Morgan fingerprint density at radius 1 is 0.181 bits per heavy atom. The Kier molecular flexibility index (Phi) is 21.1. The molecule has 0 bridgehead atoms. The summed E-state index contributed by atoms with van der Waals surface area (Å²) in [6, 6.07) is 142. The van der Waals surface area contributed by atoms with Crippen LogP contribution >= 0.6 is 0 Å². The molecule has 0 saturated heterocycles. The van der Waals surface area contributed by atoms with Gasteiger partial charge in [0.15, 0.2) is 0 Å². The van der Waals surface area contributed by atoms with E-state index >= 15 is 0 Å². The molecule has 564 valence electrons. The summed E-state index contributed by atoms with van der Waals surface area (Å²) in [6.07, 6.45) is 0. The van der Waals surface area contributed by atoms with Gasteiger partial charge in [-0.2, -0.15) is 0 Å². The number of rotatable bonds is 16. The first-order valence-corrected chi connectivity index (χ1v) is 38.9. The van der Waals surface area contributed by atoms with Gasteiger partial charge < -0.3 is 29.4 Å². The lowest BCUT2D eigenvalue weighted by atomic mass is 10.1. The average molecular weight is 1510 g/mol. The van der Waals surface area contributed by atoms with E-state index < -0.39 is 0 Å². The molecule has 116 heavy (non-hydrogen) atoms. The van der Waals surface area contributed by atoms with Gasteiger partial charge in [0.05, 0.1) is 49.8 Å². The number of hydrogen-bond donors (Lipinski definition) is 0. The van der Waals surface area contributed by atoms with Crippen molar-refractivity contribution in [2.24, 2.45) is 0 Å². The molecule has 16 aromatic carbocycles. The van der Waals surface area contributed by atoms with Gasteiger partial charge in [-0.15, -0.1) is 0 Å². The van der Waals surface area contributed by atoms with Gasteiger partial charge in [-0.25, -0.2) is 19.9 Å². The van der Waals surface area contributed by atoms with Crippen molar-refractivity contribution in [1.29, 1.82) is 0 Å². The van der Waals surface area contributed by atoms with Crippen LogP contribution in [0, 0.1) is 0 Å². The summed E-state index contributed by atoms with van der Waals surface area (Å²) < 4.78 is 8.85. The normalized spacial score (nSPS) is 11.0. The van der Waals surface area contributed by atoms with Gasteiger partial charge >= 0.3 is 0 Å². The monoisotopic (exact) mass is 1510 g/mol. The van der Waals surface area contributed by atoms with Crippen LogP contribution in [0.3, 0.4) is 0 Å². The third-order valence-electron chi connectivity index (χ3n) is 21.2. The SMILES string of the molecule is CN(c1cccc(N(C)c2nc3ccccc3n2-c2ccccc2)c1)c1cccc2ccccc12.CN(c1cccc2ccccc12)c1nc2ccccc2n1-c1ccccc1.CN(c1ccccc1)c1cccc(N(C)c2nc3ccccc3n2-c2ccccc2)c1.CN(c1ccccc1)c1nc2ccccc2n1-c1ccccc1. The Morgan fingerprint density at radius 3 is 0.750 bits per heavy atom. The van der Waals surface area contributed by atoms with E-state index in [0.29, 0.717) is 0 Å². The van der Waals surface area contributed by atoms with Gasteiger partial charge in [-0.3, -0.25) is 18.3 Å². The van der Waals surface area contributed by atoms with Crippen LogP contribution in [0.5, 0.6) is 0 Å². The third-order valence-corrected chi connectivity index (χ3v) is 21.2. The van der Waals surface area contributed by atoms with Crippen molar-refractivity contribution in [3.63, 3.8) is 0 Å². The molecule has 20 rings (SSSR count). The maximum atomic E-state index is 5.01. The molecule has 0 fully saturated rings. The van der Waals surface area contributed by atoms with E-state index in [0.717, 1.165) is 130 Å². The minimum atomic E-state index is 0.877. The Bertz CT molecular complexity index is 6710. The van der Waals surface area contributed by atoms with Crippen molar-refractivity contribution in [3.05, 3.63) is 413 Å². The highest BCUT2D eigenvalue weighted by Crippen LogP contribution is 2.40. The smallest absolute Gasteiger partial charge is 0.215 e. The highest BCUT2D eigenvalue weighted by molar-refractivity contribution is 5.98. The molecule has 0 aliphatic heterocycles. The molecule has 0 amide bonds. The molecule has 14 nitrogen and oxygen atoms in total. The largest absolute Gasteiger partial charge is 0.345 e. The number of imidazole rings is 4. The van der Waals surface area contributed by atoms with Gasteiger partial charge in [0, 0.05) is 116 Å². The van der Waals surface area contributed by atoms with E-state index in [9.17, 15) is 0 Å². The van der Waals surface area contributed by atoms with E-state index in [1.54, 1.807) is 0 Å². The lowest BCUT2D eigenvalue weighted by Crippen LogP contribution is -2.16. The van der Waals surface area contributed by atoms with Crippen LogP contribution in [0.1, 0.15) is 0 Å². The molecule has 0 aliphatic rings. The highest BCUT2D eigenvalue weighted by Gasteiger charge is 2.23. The molecule has 4 aromatic heterocycles. The molecule has 4 heterocycles. The first kappa shape index (κ1) is 73.5. The van der Waals surface area contributed by atoms with Gasteiger partial charge in [-0.1, -0.05) is 243 Å². The first-order chi connectivity index (χ1) is 57.1. The number of fused-ring (bicyclic) bond motifs is 6. The molecule has 0 unspecified atom stereocenters. The second-order valence-corrected chi connectivity index (χ2v) is 28.3. The average Bonchev–Trinajstić information content (AvgIpc) is 1.63. The van der Waals surface area contributed by atoms with Gasteiger partial charge in [0.1, 0.15) is 0 Å². The topological polar surface area (TPSA) is 90.7 Å². The lowest BCUT2D eigenvalue weighted by molar-refractivity contribution is 1.01. The van der Waals surface area contributed by atoms with E-state index in [1.165, 1.54) is 27.2 Å². The highest BCUT2D eigenvalue weighted by atomic mass is 15.3. The molecule has 0 spiro atoms. The standard InChI is InChI=1S/C31H26N4.C27H24N4.C24H19N3.C20H17N3/c1-33(29-21-10-13-23-12-6-7-18-27(23)29)25-16-11-17-26(22-25)34(2)31-32-28-19-8-9-20-30(28)35(31)24-14-4-3-5-15-24;1-29(21-12-5-3-6-13-21)23-16-11-17-24(20-23)30(2)27-28-25-18-9-10-19-26(25)31(27)22-14-7-4-8-15-22;1-26(22-17-9-11-18-10-5-6-14-20(18)22)24-25-21-15-7-8-16-23(21)27(24)19-12-3-2-4-13-19;1-22(16-10-4-2-5-11-16)20-21-18-14-8-9-15-19(18)23(20)17-12-6-3-7-13-17/h3-22H,1-2H3;3-20H,1-2H3;2-17H,1H3;2-15H,1H3. The second kappa shape index (κ2) is 33.3. The van der Waals surface area contributed by atoms with Crippen LogP contribution in [0.2, 0.25) is 0 Å². The molecule has 0 saturated carbocycles. The zero-order valence-electron chi connectivity index (χ0n) is 65.5. The maximum absolute atomic E-state index is 5.01. The number of nitrogens with zero attached hydrogens (tertiary/aromatic N) is 14. The predicted molar refractivity (Wildman–Crippen MR) is 486 cm³/mol. The van der Waals surface area contributed by atoms with E-state index in [-0.39, 0.29) is 0 Å². The van der Waals surface area contributed by atoms with E-state index in [4.69, 9.17) is 19.9 Å². The molecule has 20 aromatic rings. The van der Waals surface area contributed by atoms with Crippen molar-refractivity contribution < 1.29 is 0 Å². The number of hydrogen-bond acceptors (Lipinski definition) is 10. The minimum absolute atomic E-state index is 0.877. The Hall–Kier alpha value is -15.3. The summed E-state index contributed by atoms with van der Waals surface area (Å²) in [5, 5.41) is 4.92. The number of aromatic nitrogens is 8. The summed E-state index contributed by atoms with van der Waals surface area (Å²) in [4.78, 5) is 32.8. The van der Waals surface area contributed by atoms with Crippen molar-refractivity contribution in [1.82, 2.24) is 38.2 Å². The fraction of sp³-hybridized carbons (Fsp3) is 0.0588. The lowest BCUT2D eigenvalue weighted by Gasteiger charge is -2.25. The Morgan fingerprint density at radius 2 is 0.405 bits per heavy atom. The molecule has 0 N–H and O–H groups in total. The van der Waals surface area contributed by atoms with Crippen LogP contribution in [-0.2, 0) is 0 Å². The molecular formula is C102H86N14. The van der Waals surface area contributed by atoms with E-state index in [1.807, 2.05) is 72.8 Å². The molecule has 0 aliphatic carbocycles. The number of para-hydroxylation sites is 14. The van der Waals surface area contributed by atoms with Crippen LogP contribution in [-0.4, -0.2) is 80.5 Å². The van der Waals surface area contributed by atoms with Crippen LogP contribution in [0.4, 0.5) is 69.3 Å². The molecule has 0 radical (unpaired) electrons. The van der Waals surface area contributed by atoms with Crippen molar-refractivity contribution in [2.75, 3.05) is 71.7 Å². The zero-order valence-corrected chi connectivity index (χ0v) is 65.5. The fourth-order valence-electron chi connectivity index (χ4n) is 15.1. The fourth-order valence-corrected chi connectivity index (χ4v) is 15.1. The Labute approximate surface area is 676 Å². The third kappa shape index (κ3) is 15.0. The van der Waals surface area contributed by atoms with Crippen molar-refractivity contribution in [2.45, 2.75) is 0 Å². The molecule has 0 atom stereocenters. The van der Waals surface area contributed by atoms with Crippen LogP contribution in [0.25, 0.3) is 88.4 Å². The predicted octanol–water partition coefficient (Wildman–Crippen LogP) is 25.0. The second-order valence-electron chi connectivity index (χ2n) is 28.3. The summed E-state index contributed by atoms with van der Waals surface area (Å²) in [5.41, 5.74) is 21.7. The summed E-state index contributed by atoms with van der Waals surface area (Å²) in [5.74, 6) is 3.57. The van der Waals surface area contributed by atoms with Crippen molar-refractivity contribution >= 4 is 135 Å². The summed E-state index contributed by atoms with van der Waals surface area (Å²) in [7, 11) is 12.5. The Balaban J connectivity index is 0.000000112. The van der Waals surface area contributed by atoms with Crippen LogP contribution in [0.15, 0.2) is 413 Å². The van der Waals surface area contributed by atoms with Gasteiger partial charge in [0.25, 0.3) is 0 Å². The summed E-state index contributed by atoms with van der Waals surface area (Å²) >= 11 is 0. The number of benzene rings is 16. The zero-order chi connectivity index (χ0) is 78.9. The summed E-state index contributed by atoms with van der Waals surface area (Å²) in [6.45, 7) is 0.